The summed E-state index contributed by atoms with van der Waals surface area (Å²) in [4.78, 5) is 6.42. The molecule has 2 heterocycles. The van der Waals surface area contributed by atoms with Gasteiger partial charge in [0, 0.05) is 11.6 Å². The van der Waals surface area contributed by atoms with Crippen molar-refractivity contribution in [3.8, 4) is 0 Å². The van der Waals surface area contributed by atoms with Crippen LogP contribution in [0.2, 0.25) is 0 Å². The molecule has 3 rings (SSSR count). The summed E-state index contributed by atoms with van der Waals surface area (Å²) in [5.41, 5.74) is -0.483. The molecule has 1 aliphatic heterocycles. The predicted molar refractivity (Wildman–Crippen MR) is 95.5 cm³/mol. The number of aromatic nitrogens is 2. The third-order valence-corrected chi connectivity index (χ3v) is 4.92. The number of benzene rings is 1. The summed E-state index contributed by atoms with van der Waals surface area (Å²) in [5.74, 6) is 0.471. The number of anilines is 1. The number of unbranched alkanes of at least 4 members (excludes halogenated alkanes) is 5. The second-order valence-corrected chi connectivity index (χ2v) is 6.79. The highest BCUT2D eigenvalue weighted by atomic mass is 79.9. The lowest BCUT2D eigenvalue weighted by molar-refractivity contribution is -0.685. The Morgan fingerprint density at radius 1 is 1.15 bits per heavy atom. The van der Waals surface area contributed by atoms with E-state index in [0.29, 0.717) is 12.1 Å². The number of hydrogen-bond donors (Lipinski definition) is 1. The van der Waals surface area contributed by atoms with Crippen LogP contribution in [-0.2, 0) is 12.3 Å². The van der Waals surface area contributed by atoms with Gasteiger partial charge in [-0.05, 0) is 30.7 Å². The molecule has 0 saturated heterocycles. The quantitative estimate of drug-likeness (QED) is 0.497. The van der Waals surface area contributed by atoms with E-state index in [1.165, 1.54) is 37.8 Å². The molecule has 1 unspecified atom stereocenters. The summed E-state index contributed by atoms with van der Waals surface area (Å²) >= 11 is 0. The Morgan fingerprint density at radius 2 is 1.85 bits per heavy atom. The molecule has 26 heavy (non-hydrogen) atoms. The van der Waals surface area contributed by atoms with Gasteiger partial charge in [-0.2, -0.15) is 0 Å². The van der Waals surface area contributed by atoms with Crippen molar-refractivity contribution in [2.75, 3.05) is 11.4 Å². The van der Waals surface area contributed by atoms with Crippen LogP contribution in [-0.4, -0.2) is 16.6 Å². The largest absolute Gasteiger partial charge is 1.00 e. The van der Waals surface area contributed by atoms with E-state index in [9.17, 15) is 9.50 Å². The van der Waals surface area contributed by atoms with Crippen molar-refractivity contribution in [3.05, 3.63) is 54.1 Å². The Balaban J connectivity index is 0.00000243. The first-order valence-corrected chi connectivity index (χ1v) is 9.25. The monoisotopic (exact) mass is 423 g/mol. The van der Waals surface area contributed by atoms with Crippen molar-refractivity contribution >= 4 is 5.95 Å². The first-order chi connectivity index (χ1) is 12.1. The zero-order chi connectivity index (χ0) is 17.7. The van der Waals surface area contributed by atoms with E-state index < -0.39 is 5.72 Å². The molecule has 1 N–H and O–H groups in total. The molecule has 1 atom stereocenters. The molecule has 0 bridgehead atoms. The zero-order valence-corrected chi connectivity index (χ0v) is 16.8. The minimum atomic E-state index is -1.18. The topological polar surface area (TPSA) is 40.2 Å². The average Bonchev–Trinajstić information content (AvgIpc) is 2.91. The van der Waals surface area contributed by atoms with E-state index in [2.05, 4.69) is 11.9 Å². The van der Waals surface area contributed by atoms with Crippen molar-refractivity contribution in [2.45, 2.75) is 57.7 Å². The second-order valence-electron chi connectivity index (χ2n) is 6.79. The second kappa shape index (κ2) is 9.42. The van der Waals surface area contributed by atoms with Gasteiger partial charge >= 0.3 is 5.95 Å². The molecule has 4 nitrogen and oxygen atoms in total. The van der Waals surface area contributed by atoms with Gasteiger partial charge in [0.05, 0.1) is 12.7 Å². The fourth-order valence-electron chi connectivity index (χ4n) is 3.53. The lowest BCUT2D eigenvalue weighted by Crippen LogP contribution is -3.00. The first-order valence-electron chi connectivity index (χ1n) is 9.25. The lowest BCUT2D eigenvalue weighted by Gasteiger charge is -2.28. The van der Waals surface area contributed by atoms with Crippen LogP contribution < -0.4 is 26.4 Å². The lowest BCUT2D eigenvalue weighted by atomic mass is 10.0. The number of fused-ring (bicyclic) bond motifs is 1. The van der Waals surface area contributed by atoms with E-state index in [4.69, 9.17) is 0 Å². The van der Waals surface area contributed by atoms with Crippen molar-refractivity contribution in [2.24, 2.45) is 0 Å². The normalized spacial score (nSPS) is 18.5. The van der Waals surface area contributed by atoms with E-state index in [1.807, 2.05) is 21.7 Å². The van der Waals surface area contributed by atoms with E-state index in [0.717, 1.165) is 25.3 Å². The highest BCUT2D eigenvalue weighted by molar-refractivity contribution is 5.38. The van der Waals surface area contributed by atoms with Crippen molar-refractivity contribution in [3.63, 3.8) is 0 Å². The van der Waals surface area contributed by atoms with Crippen LogP contribution in [0.5, 0.6) is 0 Å². The summed E-state index contributed by atoms with van der Waals surface area (Å²) in [5, 5.41) is 11.4. The molecular formula is C20H27BrFN3O. The van der Waals surface area contributed by atoms with Gasteiger partial charge in [0.2, 0.25) is 5.72 Å². The minimum absolute atomic E-state index is 0. The van der Waals surface area contributed by atoms with Gasteiger partial charge in [0.15, 0.2) is 0 Å². The number of halogens is 2. The molecule has 0 saturated carbocycles. The molecule has 0 fully saturated rings. The smallest absolute Gasteiger partial charge is 0.396 e. The van der Waals surface area contributed by atoms with Crippen LogP contribution >= 0.6 is 0 Å². The number of rotatable bonds is 8. The van der Waals surface area contributed by atoms with E-state index >= 15 is 0 Å². The number of aliphatic hydroxyl groups is 1. The highest BCUT2D eigenvalue weighted by Gasteiger charge is 2.51. The Kier molecular flexibility index (Phi) is 7.53. The molecule has 0 aliphatic carbocycles. The maximum absolute atomic E-state index is 13.3. The summed E-state index contributed by atoms with van der Waals surface area (Å²) in [6.45, 7) is 3.35. The third kappa shape index (κ3) is 4.41. The SMILES string of the molecule is CCCCCCCCN1c2nccc[n+]2CC1(O)c1ccc(F)cc1.[Br-]. The van der Waals surface area contributed by atoms with Gasteiger partial charge in [-0.3, -0.25) is 0 Å². The highest BCUT2D eigenvalue weighted by Crippen LogP contribution is 2.34. The van der Waals surface area contributed by atoms with Gasteiger partial charge in [0.1, 0.15) is 18.6 Å². The van der Waals surface area contributed by atoms with Crippen molar-refractivity contribution < 1.29 is 31.0 Å². The Hall–Kier alpha value is -1.53. The molecule has 1 aliphatic rings. The van der Waals surface area contributed by atoms with Gasteiger partial charge in [-0.15, -0.1) is 0 Å². The Morgan fingerprint density at radius 3 is 2.58 bits per heavy atom. The maximum atomic E-state index is 13.3. The van der Waals surface area contributed by atoms with Crippen molar-refractivity contribution in [1.29, 1.82) is 0 Å². The molecule has 1 aromatic carbocycles. The number of hydrogen-bond acceptors (Lipinski definition) is 3. The maximum Gasteiger partial charge on any atom is 0.396 e. The molecule has 0 amide bonds. The molecule has 2 aromatic rings. The van der Waals surface area contributed by atoms with E-state index in [1.54, 1.807) is 18.3 Å². The summed E-state index contributed by atoms with van der Waals surface area (Å²) in [6.07, 6.45) is 10.8. The fourth-order valence-corrected chi connectivity index (χ4v) is 3.53. The summed E-state index contributed by atoms with van der Waals surface area (Å²) in [7, 11) is 0. The van der Waals surface area contributed by atoms with Crippen LogP contribution in [0, 0.1) is 5.82 Å². The standard InChI is InChI=1S/C20H27FN3O.BrH/c1-2-3-4-5-6-7-15-24-19-22-13-8-14-23(19)16-20(24,25)17-9-11-18(21)12-10-17;/h8-14,25H,2-7,15-16H2,1H3;1H/q+1;/p-1. The fraction of sp³-hybridized carbons (Fsp3) is 0.500. The van der Waals surface area contributed by atoms with Crippen LogP contribution in [0.1, 0.15) is 51.0 Å². The minimum Gasteiger partial charge on any atom is -1.00 e. The number of nitrogens with zero attached hydrogens (tertiary/aromatic N) is 3. The van der Waals surface area contributed by atoms with Crippen LogP contribution in [0.25, 0.3) is 0 Å². The molecule has 0 radical (unpaired) electrons. The van der Waals surface area contributed by atoms with Gasteiger partial charge in [0.25, 0.3) is 0 Å². The van der Waals surface area contributed by atoms with Crippen LogP contribution in [0.3, 0.4) is 0 Å². The molecule has 6 heteroatoms. The van der Waals surface area contributed by atoms with Gasteiger partial charge in [-0.25, -0.2) is 13.9 Å². The first kappa shape index (κ1) is 20.8. The van der Waals surface area contributed by atoms with E-state index in [-0.39, 0.29) is 22.8 Å². The average molecular weight is 424 g/mol. The zero-order valence-electron chi connectivity index (χ0n) is 15.2. The Bertz CT molecular complexity index is 698. The van der Waals surface area contributed by atoms with Gasteiger partial charge < -0.3 is 22.1 Å². The van der Waals surface area contributed by atoms with Crippen LogP contribution in [0.15, 0.2) is 42.7 Å². The predicted octanol–water partition coefficient (Wildman–Crippen LogP) is 0.538. The summed E-state index contributed by atoms with van der Waals surface area (Å²) < 4.78 is 15.3. The van der Waals surface area contributed by atoms with Gasteiger partial charge in [-0.1, -0.05) is 44.0 Å². The Labute approximate surface area is 165 Å². The third-order valence-electron chi connectivity index (χ3n) is 4.92. The molecule has 1 aromatic heterocycles. The van der Waals surface area contributed by atoms with Crippen LogP contribution in [0.4, 0.5) is 10.3 Å². The molecular weight excluding hydrogens is 397 g/mol. The molecule has 0 spiro atoms. The summed E-state index contributed by atoms with van der Waals surface area (Å²) in [6, 6.07) is 7.99. The van der Waals surface area contributed by atoms with Crippen molar-refractivity contribution in [1.82, 2.24) is 4.98 Å². The molecule has 142 valence electrons.